The summed E-state index contributed by atoms with van der Waals surface area (Å²) in [6, 6.07) is 2.35. The smallest absolute Gasteiger partial charge is 0.321 e. The van der Waals surface area contributed by atoms with Crippen LogP contribution in [-0.4, -0.2) is 35.1 Å². The lowest BCUT2D eigenvalue weighted by Crippen LogP contribution is -2.36. The van der Waals surface area contributed by atoms with Crippen LogP contribution in [0.2, 0.25) is 0 Å². The molecule has 5 nitrogen and oxygen atoms in total. The number of hydrogen-bond donors (Lipinski definition) is 2. The van der Waals surface area contributed by atoms with E-state index in [1.165, 1.54) is 11.0 Å². The molecule has 0 saturated heterocycles. The molecule has 0 spiro atoms. The molecule has 110 valence electrons. The van der Waals surface area contributed by atoms with Crippen molar-refractivity contribution in [2.75, 3.05) is 18.4 Å². The van der Waals surface area contributed by atoms with Gasteiger partial charge in [0, 0.05) is 18.8 Å². The summed E-state index contributed by atoms with van der Waals surface area (Å²) in [4.78, 5) is 23.9. The second kappa shape index (κ2) is 7.23. The quantitative estimate of drug-likeness (QED) is 0.859. The lowest BCUT2D eigenvalue weighted by atomic mass is 10.2. The van der Waals surface area contributed by atoms with Crippen molar-refractivity contribution in [3.63, 3.8) is 0 Å². The molecule has 0 aliphatic carbocycles. The lowest BCUT2D eigenvalue weighted by molar-refractivity contribution is -0.137. The number of carboxylic acid groups (broad SMARTS) is 1. The van der Waals surface area contributed by atoms with Crippen LogP contribution in [0.3, 0.4) is 0 Å². The van der Waals surface area contributed by atoms with Crippen LogP contribution >= 0.6 is 15.9 Å². The van der Waals surface area contributed by atoms with Gasteiger partial charge in [0.2, 0.25) is 0 Å². The molecule has 0 aliphatic rings. The number of anilines is 1. The highest BCUT2D eigenvalue weighted by Crippen LogP contribution is 2.24. The molecule has 0 unspecified atom stereocenters. The van der Waals surface area contributed by atoms with Gasteiger partial charge in [0.25, 0.3) is 0 Å². The Morgan fingerprint density at radius 2 is 2.10 bits per heavy atom. The minimum absolute atomic E-state index is 0.107. The van der Waals surface area contributed by atoms with E-state index in [0.29, 0.717) is 22.3 Å². The summed E-state index contributed by atoms with van der Waals surface area (Å²) in [5.74, 6) is -1.44. The largest absolute Gasteiger partial charge is 0.481 e. The Labute approximate surface area is 124 Å². The molecular weight excluding hydrogens is 331 g/mol. The van der Waals surface area contributed by atoms with Gasteiger partial charge in [0.05, 0.1) is 10.9 Å². The first-order valence-corrected chi connectivity index (χ1v) is 6.87. The fourth-order valence-electron chi connectivity index (χ4n) is 1.61. The number of nitrogens with zero attached hydrogens (tertiary/aromatic N) is 1. The number of halogens is 2. The number of carboxylic acids is 1. The van der Waals surface area contributed by atoms with Crippen LogP contribution in [0.1, 0.15) is 18.9 Å². The van der Waals surface area contributed by atoms with Crippen LogP contribution in [0, 0.1) is 12.7 Å². The second-order valence-electron chi connectivity index (χ2n) is 4.23. The van der Waals surface area contributed by atoms with E-state index in [-0.39, 0.29) is 13.0 Å². The van der Waals surface area contributed by atoms with E-state index < -0.39 is 17.8 Å². The van der Waals surface area contributed by atoms with Gasteiger partial charge >= 0.3 is 12.0 Å². The number of rotatable bonds is 5. The summed E-state index contributed by atoms with van der Waals surface area (Å²) >= 11 is 3.07. The first kappa shape index (κ1) is 16.4. The molecule has 0 bridgehead atoms. The highest BCUT2D eigenvalue weighted by atomic mass is 79.9. The van der Waals surface area contributed by atoms with Gasteiger partial charge in [0.15, 0.2) is 0 Å². The van der Waals surface area contributed by atoms with Gasteiger partial charge in [-0.05, 0) is 47.5 Å². The number of benzene rings is 1. The third-order valence-electron chi connectivity index (χ3n) is 2.77. The van der Waals surface area contributed by atoms with Crippen molar-refractivity contribution in [3.8, 4) is 0 Å². The summed E-state index contributed by atoms with van der Waals surface area (Å²) in [6.07, 6.45) is -0.130. The summed E-state index contributed by atoms with van der Waals surface area (Å²) in [5.41, 5.74) is 1.07. The molecule has 20 heavy (non-hydrogen) atoms. The maximum Gasteiger partial charge on any atom is 0.321 e. The number of aryl methyl sites for hydroxylation is 1. The fraction of sp³-hybridized carbons (Fsp3) is 0.385. The molecule has 0 atom stereocenters. The third-order valence-corrected chi connectivity index (χ3v) is 3.38. The molecule has 0 saturated carbocycles. The number of nitrogens with one attached hydrogen (secondary N) is 1. The van der Waals surface area contributed by atoms with E-state index in [1.807, 2.05) is 0 Å². The van der Waals surface area contributed by atoms with Gasteiger partial charge < -0.3 is 15.3 Å². The molecule has 2 amide bonds. The Hall–Kier alpha value is -1.63. The standard InChI is InChI=1S/C13H16BrFN2O3/c1-3-17(5-4-12(18)19)13(20)16-11-7-10(15)9(14)6-8(11)2/h6-7H,3-5H2,1-2H3,(H,16,20)(H,18,19). The Bertz CT molecular complexity index is 523. The number of carbonyl (C=O) groups is 2. The van der Waals surface area contributed by atoms with E-state index in [1.54, 1.807) is 19.9 Å². The van der Waals surface area contributed by atoms with Gasteiger partial charge in [-0.25, -0.2) is 9.18 Å². The summed E-state index contributed by atoms with van der Waals surface area (Å²) in [7, 11) is 0. The van der Waals surface area contributed by atoms with E-state index in [9.17, 15) is 14.0 Å². The van der Waals surface area contributed by atoms with Crippen molar-refractivity contribution in [2.45, 2.75) is 20.3 Å². The molecule has 0 radical (unpaired) electrons. The van der Waals surface area contributed by atoms with E-state index in [4.69, 9.17) is 5.11 Å². The molecule has 0 fully saturated rings. The Morgan fingerprint density at radius 3 is 2.65 bits per heavy atom. The maximum atomic E-state index is 13.5. The molecule has 0 aliphatic heterocycles. The molecule has 1 aromatic carbocycles. The minimum Gasteiger partial charge on any atom is -0.481 e. The summed E-state index contributed by atoms with van der Waals surface area (Å²) in [5, 5.41) is 11.2. The normalized spacial score (nSPS) is 10.2. The minimum atomic E-state index is -0.970. The molecule has 0 aromatic heterocycles. The molecule has 7 heteroatoms. The third kappa shape index (κ3) is 4.48. The van der Waals surface area contributed by atoms with Crippen molar-refractivity contribution < 1.29 is 19.1 Å². The predicted octanol–water partition coefficient (Wildman–Crippen LogP) is 3.23. The second-order valence-corrected chi connectivity index (χ2v) is 5.09. The Balaban J connectivity index is 2.78. The van der Waals surface area contributed by atoms with Crippen LogP contribution in [0.4, 0.5) is 14.9 Å². The molecule has 1 rings (SSSR count). The van der Waals surface area contributed by atoms with Gasteiger partial charge in [-0.3, -0.25) is 4.79 Å². The van der Waals surface area contributed by atoms with Crippen molar-refractivity contribution in [1.82, 2.24) is 4.90 Å². The van der Waals surface area contributed by atoms with E-state index in [2.05, 4.69) is 21.2 Å². The predicted molar refractivity (Wildman–Crippen MR) is 77.4 cm³/mol. The summed E-state index contributed by atoms with van der Waals surface area (Å²) < 4.78 is 13.8. The fourth-order valence-corrected chi connectivity index (χ4v) is 2.07. The highest BCUT2D eigenvalue weighted by molar-refractivity contribution is 9.10. The number of carbonyl (C=O) groups excluding carboxylic acids is 1. The summed E-state index contributed by atoms with van der Waals surface area (Å²) in [6.45, 7) is 3.97. The number of aliphatic carboxylic acids is 1. The zero-order valence-electron chi connectivity index (χ0n) is 11.2. The highest BCUT2D eigenvalue weighted by Gasteiger charge is 2.15. The number of hydrogen-bond acceptors (Lipinski definition) is 2. The number of urea groups is 1. The van der Waals surface area contributed by atoms with Crippen LogP contribution in [0.15, 0.2) is 16.6 Å². The first-order valence-electron chi connectivity index (χ1n) is 6.08. The van der Waals surface area contributed by atoms with E-state index >= 15 is 0 Å². The van der Waals surface area contributed by atoms with Gasteiger partial charge in [-0.1, -0.05) is 0 Å². The SMILES string of the molecule is CCN(CCC(=O)O)C(=O)Nc1cc(F)c(Br)cc1C. The first-order chi connectivity index (χ1) is 9.35. The monoisotopic (exact) mass is 346 g/mol. The maximum absolute atomic E-state index is 13.5. The van der Waals surface area contributed by atoms with Gasteiger partial charge in [0.1, 0.15) is 5.82 Å². The Kier molecular flexibility index (Phi) is 5.94. The van der Waals surface area contributed by atoms with Crippen molar-refractivity contribution >= 4 is 33.6 Å². The van der Waals surface area contributed by atoms with Crippen LogP contribution in [0.5, 0.6) is 0 Å². The van der Waals surface area contributed by atoms with Gasteiger partial charge in [-0.2, -0.15) is 0 Å². The van der Waals surface area contributed by atoms with Gasteiger partial charge in [-0.15, -0.1) is 0 Å². The Morgan fingerprint density at radius 1 is 1.45 bits per heavy atom. The molecule has 0 heterocycles. The van der Waals surface area contributed by atoms with Crippen LogP contribution < -0.4 is 5.32 Å². The zero-order valence-corrected chi connectivity index (χ0v) is 12.8. The molecular formula is C13H16BrFN2O3. The van der Waals surface area contributed by atoms with Crippen molar-refractivity contribution in [1.29, 1.82) is 0 Å². The topological polar surface area (TPSA) is 69.6 Å². The average molecular weight is 347 g/mol. The lowest BCUT2D eigenvalue weighted by Gasteiger charge is -2.21. The number of amides is 2. The van der Waals surface area contributed by atoms with Crippen molar-refractivity contribution in [3.05, 3.63) is 28.0 Å². The average Bonchev–Trinajstić information content (AvgIpc) is 2.36. The van der Waals surface area contributed by atoms with Crippen LogP contribution in [-0.2, 0) is 4.79 Å². The molecule has 1 aromatic rings. The van der Waals surface area contributed by atoms with E-state index in [0.717, 1.165) is 0 Å². The van der Waals surface area contributed by atoms with Crippen LogP contribution in [0.25, 0.3) is 0 Å². The molecule has 2 N–H and O–H groups in total. The van der Waals surface area contributed by atoms with Crippen molar-refractivity contribution in [2.24, 2.45) is 0 Å². The zero-order chi connectivity index (χ0) is 15.3.